The van der Waals surface area contributed by atoms with Crippen LogP contribution in [0, 0.1) is 0 Å². The van der Waals surface area contributed by atoms with Crippen molar-refractivity contribution < 1.29 is 4.79 Å². The first-order chi connectivity index (χ1) is 7.16. The Hall–Kier alpha value is -0.390. The van der Waals surface area contributed by atoms with E-state index in [0.29, 0.717) is 6.04 Å². The average molecular weight is 289 g/mol. The highest BCUT2D eigenvalue weighted by Crippen LogP contribution is 2.21. The Morgan fingerprint density at radius 1 is 1.73 bits per heavy atom. The highest BCUT2D eigenvalue weighted by atomic mass is 79.9. The molecule has 0 spiro atoms. The molecule has 15 heavy (non-hydrogen) atoms. The predicted octanol–water partition coefficient (Wildman–Crippen LogP) is 1.94. The van der Waals surface area contributed by atoms with E-state index < -0.39 is 0 Å². The fraction of sp³-hybridized carbons (Fsp3) is 0.500. The van der Waals surface area contributed by atoms with Crippen molar-refractivity contribution in [1.82, 2.24) is 10.2 Å². The molecule has 1 saturated heterocycles. The van der Waals surface area contributed by atoms with Crippen LogP contribution >= 0.6 is 27.3 Å². The van der Waals surface area contributed by atoms with Crippen LogP contribution in [-0.2, 0) is 0 Å². The molecule has 1 aromatic rings. The molecule has 1 aliphatic heterocycles. The van der Waals surface area contributed by atoms with E-state index in [4.69, 9.17) is 0 Å². The van der Waals surface area contributed by atoms with Crippen LogP contribution in [0.1, 0.15) is 16.6 Å². The third-order valence-corrected chi connectivity index (χ3v) is 4.11. The van der Waals surface area contributed by atoms with Crippen LogP contribution in [0.2, 0.25) is 0 Å². The Labute approximate surface area is 102 Å². The van der Waals surface area contributed by atoms with Gasteiger partial charge in [0.05, 0.1) is 4.88 Å². The topological polar surface area (TPSA) is 32.3 Å². The third-order valence-electron chi connectivity index (χ3n) is 2.43. The van der Waals surface area contributed by atoms with E-state index in [0.717, 1.165) is 29.0 Å². The van der Waals surface area contributed by atoms with Crippen LogP contribution in [0.5, 0.6) is 0 Å². The smallest absolute Gasteiger partial charge is 0.264 e. The number of carbonyl (C=O) groups excluding carboxylic acids is 1. The molecule has 0 bridgehead atoms. The molecular weight excluding hydrogens is 276 g/mol. The van der Waals surface area contributed by atoms with Crippen LogP contribution in [-0.4, -0.2) is 36.5 Å². The molecule has 1 aliphatic rings. The lowest BCUT2D eigenvalue weighted by atomic mass is 10.2. The fourth-order valence-electron chi connectivity index (χ4n) is 1.70. The molecule has 2 rings (SSSR count). The van der Waals surface area contributed by atoms with E-state index in [9.17, 15) is 4.79 Å². The summed E-state index contributed by atoms with van der Waals surface area (Å²) in [5.41, 5.74) is 0. The molecule has 0 aromatic carbocycles. The van der Waals surface area contributed by atoms with Crippen LogP contribution in [0.4, 0.5) is 0 Å². The zero-order chi connectivity index (χ0) is 10.8. The summed E-state index contributed by atoms with van der Waals surface area (Å²) in [6.07, 6.45) is 0. The zero-order valence-corrected chi connectivity index (χ0v) is 10.9. The molecule has 1 atom stereocenters. The summed E-state index contributed by atoms with van der Waals surface area (Å²) in [4.78, 5) is 14.8. The lowest BCUT2D eigenvalue weighted by Gasteiger charge is -2.31. The van der Waals surface area contributed by atoms with Gasteiger partial charge >= 0.3 is 0 Å². The maximum atomic E-state index is 12.0. The highest BCUT2D eigenvalue weighted by Gasteiger charge is 2.22. The Balaban J connectivity index is 2.07. The standard InChI is InChI=1S/C10H13BrN2OS/c1-7-5-13(3-2-12-7)10(14)9-4-8(11)6-15-9/h4,6-7,12H,2-3,5H2,1H3/t7-/m1/s1. The van der Waals surface area contributed by atoms with Gasteiger partial charge < -0.3 is 10.2 Å². The van der Waals surface area contributed by atoms with Gasteiger partial charge in [-0.25, -0.2) is 0 Å². The lowest BCUT2D eigenvalue weighted by Crippen LogP contribution is -2.51. The van der Waals surface area contributed by atoms with Crippen LogP contribution in [0.3, 0.4) is 0 Å². The number of piperazine rings is 1. The summed E-state index contributed by atoms with van der Waals surface area (Å²) < 4.78 is 0.985. The zero-order valence-electron chi connectivity index (χ0n) is 8.50. The van der Waals surface area contributed by atoms with E-state index in [1.165, 1.54) is 11.3 Å². The van der Waals surface area contributed by atoms with E-state index in [1.807, 2.05) is 16.3 Å². The van der Waals surface area contributed by atoms with Gasteiger partial charge in [-0.1, -0.05) is 0 Å². The number of carbonyl (C=O) groups is 1. The summed E-state index contributed by atoms with van der Waals surface area (Å²) in [6, 6.07) is 2.28. The molecule has 1 fully saturated rings. The number of halogens is 1. The van der Waals surface area contributed by atoms with Crippen LogP contribution in [0.25, 0.3) is 0 Å². The normalized spacial score (nSPS) is 21.7. The largest absolute Gasteiger partial charge is 0.335 e. The minimum Gasteiger partial charge on any atom is -0.335 e. The van der Waals surface area contributed by atoms with E-state index in [2.05, 4.69) is 28.2 Å². The number of rotatable bonds is 1. The monoisotopic (exact) mass is 288 g/mol. The molecule has 0 unspecified atom stereocenters. The van der Waals surface area contributed by atoms with E-state index in [1.54, 1.807) is 0 Å². The minimum atomic E-state index is 0.152. The molecule has 1 aromatic heterocycles. The first-order valence-electron chi connectivity index (χ1n) is 4.93. The second-order valence-electron chi connectivity index (χ2n) is 3.74. The quantitative estimate of drug-likeness (QED) is 0.857. The summed E-state index contributed by atoms with van der Waals surface area (Å²) in [5, 5.41) is 5.27. The van der Waals surface area contributed by atoms with Gasteiger partial charge in [-0.3, -0.25) is 4.79 Å². The second-order valence-corrected chi connectivity index (χ2v) is 5.56. The van der Waals surface area contributed by atoms with Crippen LogP contribution in [0.15, 0.2) is 15.9 Å². The van der Waals surface area contributed by atoms with Crippen LogP contribution < -0.4 is 5.32 Å². The Bertz CT molecular complexity index is 366. The summed E-state index contributed by atoms with van der Waals surface area (Å²) in [7, 11) is 0. The van der Waals surface area contributed by atoms with Gasteiger partial charge in [0.25, 0.3) is 5.91 Å². The number of amides is 1. The van der Waals surface area contributed by atoms with Crippen molar-refractivity contribution in [2.45, 2.75) is 13.0 Å². The van der Waals surface area contributed by atoms with Gasteiger partial charge in [0.2, 0.25) is 0 Å². The van der Waals surface area contributed by atoms with Gasteiger partial charge in [-0.15, -0.1) is 11.3 Å². The Morgan fingerprint density at radius 3 is 3.13 bits per heavy atom. The molecule has 0 saturated carbocycles. The van der Waals surface area contributed by atoms with Gasteiger partial charge in [0, 0.05) is 35.5 Å². The lowest BCUT2D eigenvalue weighted by molar-refractivity contribution is 0.0714. The summed E-state index contributed by atoms with van der Waals surface area (Å²) >= 11 is 4.86. The first kappa shape index (κ1) is 11.1. The van der Waals surface area contributed by atoms with E-state index in [-0.39, 0.29) is 5.91 Å². The van der Waals surface area contributed by atoms with E-state index >= 15 is 0 Å². The summed E-state index contributed by atoms with van der Waals surface area (Å²) in [5.74, 6) is 0.152. The van der Waals surface area contributed by atoms with Gasteiger partial charge in [-0.2, -0.15) is 0 Å². The van der Waals surface area contributed by atoms with Crippen molar-refractivity contribution in [2.24, 2.45) is 0 Å². The summed E-state index contributed by atoms with van der Waals surface area (Å²) in [6.45, 7) is 4.59. The number of thiophene rings is 1. The second kappa shape index (κ2) is 4.63. The maximum absolute atomic E-state index is 12.0. The molecule has 3 nitrogen and oxygen atoms in total. The average Bonchev–Trinajstić information content (AvgIpc) is 2.64. The van der Waals surface area contributed by atoms with Crippen molar-refractivity contribution in [3.05, 3.63) is 20.8 Å². The fourth-order valence-corrected chi connectivity index (χ4v) is 3.09. The van der Waals surface area contributed by atoms with Crippen molar-refractivity contribution >= 4 is 33.2 Å². The van der Waals surface area contributed by atoms with Crippen molar-refractivity contribution in [3.63, 3.8) is 0 Å². The van der Waals surface area contributed by atoms with Crippen molar-refractivity contribution in [1.29, 1.82) is 0 Å². The van der Waals surface area contributed by atoms with Crippen molar-refractivity contribution in [2.75, 3.05) is 19.6 Å². The number of nitrogens with zero attached hydrogens (tertiary/aromatic N) is 1. The highest BCUT2D eigenvalue weighted by molar-refractivity contribution is 9.10. The molecule has 5 heteroatoms. The number of nitrogens with one attached hydrogen (secondary N) is 1. The number of hydrogen-bond acceptors (Lipinski definition) is 3. The van der Waals surface area contributed by atoms with Crippen molar-refractivity contribution in [3.8, 4) is 0 Å². The molecular formula is C10H13BrN2OS. The number of hydrogen-bond donors (Lipinski definition) is 1. The Kier molecular flexibility index (Phi) is 3.43. The molecule has 1 amide bonds. The predicted molar refractivity (Wildman–Crippen MR) is 65.4 cm³/mol. The molecule has 0 radical (unpaired) electrons. The SMILES string of the molecule is C[C@@H]1CN(C(=O)c2cc(Br)cs2)CCN1. The molecule has 1 N–H and O–H groups in total. The minimum absolute atomic E-state index is 0.152. The van der Waals surface area contributed by atoms with Gasteiger partial charge in [0.1, 0.15) is 0 Å². The molecule has 82 valence electrons. The third kappa shape index (κ3) is 2.59. The van der Waals surface area contributed by atoms with Gasteiger partial charge in [0.15, 0.2) is 0 Å². The van der Waals surface area contributed by atoms with Gasteiger partial charge in [-0.05, 0) is 28.9 Å². The maximum Gasteiger partial charge on any atom is 0.264 e. The molecule has 2 heterocycles. The first-order valence-corrected chi connectivity index (χ1v) is 6.61. The Morgan fingerprint density at radius 2 is 2.53 bits per heavy atom. The molecule has 0 aliphatic carbocycles.